The standard InChI is InChI=1S/C14H30N2O3Si/c1-10-11-16(12(17)18-13(2,3)4)15-19-20(8,9)14(5,6)7/h10,15H,1,11H2,2-9H3. The molecule has 0 unspecified atom stereocenters. The lowest BCUT2D eigenvalue weighted by Gasteiger charge is -2.37. The highest BCUT2D eigenvalue weighted by Gasteiger charge is 2.39. The predicted molar refractivity (Wildman–Crippen MR) is 84.6 cm³/mol. The Morgan fingerprint density at radius 3 is 2.10 bits per heavy atom. The number of hydrazine groups is 1. The van der Waals surface area contributed by atoms with Gasteiger partial charge in [-0.15, -0.1) is 12.2 Å². The van der Waals surface area contributed by atoms with E-state index in [1.165, 1.54) is 5.01 Å². The molecule has 0 aromatic rings. The van der Waals surface area contributed by atoms with Crippen LogP contribution < -0.4 is 5.59 Å². The van der Waals surface area contributed by atoms with Crippen LogP contribution in [0.2, 0.25) is 18.1 Å². The molecule has 0 aromatic heterocycles. The molecule has 20 heavy (non-hydrogen) atoms. The van der Waals surface area contributed by atoms with Crippen LogP contribution in [0.15, 0.2) is 12.7 Å². The van der Waals surface area contributed by atoms with Crippen LogP contribution in [-0.2, 0) is 9.26 Å². The van der Waals surface area contributed by atoms with E-state index in [1.54, 1.807) is 6.08 Å². The molecule has 0 aliphatic carbocycles. The van der Waals surface area contributed by atoms with Gasteiger partial charge in [-0.3, -0.25) is 0 Å². The molecule has 0 heterocycles. The molecule has 0 bridgehead atoms. The summed E-state index contributed by atoms with van der Waals surface area (Å²) in [4.78, 5) is 12.0. The van der Waals surface area contributed by atoms with Crippen molar-refractivity contribution in [3.8, 4) is 0 Å². The van der Waals surface area contributed by atoms with Crippen molar-refractivity contribution in [2.75, 3.05) is 6.54 Å². The zero-order valence-electron chi connectivity index (χ0n) is 14.2. The maximum Gasteiger partial charge on any atom is 0.426 e. The first kappa shape index (κ1) is 19.1. The van der Waals surface area contributed by atoms with Crippen LogP contribution in [-0.4, -0.2) is 31.6 Å². The van der Waals surface area contributed by atoms with Crippen molar-refractivity contribution < 1.29 is 14.1 Å². The van der Waals surface area contributed by atoms with Crippen LogP contribution in [0.3, 0.4) is 0 Å². The highest BCUT2D eigenvalue weighted by molar-refractivity contribution is 6.74. The highest BCUT2D eigenvalue weighted by atomic mass is 28.4. The minimum absolute atomic E-state index is 0.0494. The number of hydrogen-bond acceptors (Lipinski definition) is 4. The molecule has 5 nitrogen and oxygen atoms in total. The molecule has 0 aliphatic heterocycles. The molecule has 0 spiro atoms. The largest absolute Gasteiger partial charge is 0.443 e. The Morgan fingerprint density at radius 1 is 1.25 bits per heavy atom. The van der Waals surface area contributed by atoms with Crippen molar-refractivity contribution in [3.63, 3.8) is 0 Å². The Morgan fingerprint density at radius 2 is 1.75 bits per heavy atom. The number of nitrogens with zero attached hydrogens (tertiary/aromatic N) is 1. The van der Waals surface area contributed by atoms with Crippen molar-refractivity contribution >= 4 is 14.4 Å². The summed E-state index contributed by atoms with van der Waals surface area (Å²) < 4.78 is 11.1. The van der Waals surface area contributed by atoms with Crippen molar-refractivity contribution in [2.24, 2.45) is 0 Å². The summed E-state index contributed by atoms with van der Waals surface area (Å²) in [6.45, 7) is 20.0. The molecule has 118 valence electrons. The fraction of sp³-hybridized carbons (Fsp3) is 0.786. The molecule has 1 N–H and O–H groups in total. The van der Waals surface area contributed by atoms with Gasteiger partial charge in [-0.1, -0.05) is 26.8 Å². The number of amides is 1. The van der Waals surface area contributed by atoms with Gasteiger partial charge in [0, 0.05) is 0 Å². The van der Waals surface area contributed by atoms with Crippen molar-refractivity contribution in [1.82, 2.24) is 10.6 Å². The summed E-state index contributed by atoms with van der Waals surface area (Å²) >= 11 is 0. The van der Waals surface area contributed by atoms with Gasteiger partial charge in [-0.25, -0.2) is 9.80 Å². The first-order valence-electron chi connectivity index (χ1n) is 6.85. The topological polar surface area (TPSA) is 50.8 Å². The van der Waals surface area contributed by atoms with E-state index in [1.807, 2.05) is 20.8 Å². The number of nitrogens with one attached hydrogen (secondary N) is 1. The van der Waals surface area contributed by atoms with Crippen LogP contribution in [0.1, 0.15) is 41.5 Å². The molecule has 0 rings (SSSR count). The summed E-state index contributed by atoms with van der Waals surface area (Å²) in [5.74, 6) is 0. The Kier molecular flexibility index (Phi) is 6.45. The lowest BCUT2D eigenvalue weighted by molar-refractivity contribution is -0.0327. The highest BCUT2D eigenvalue weighted by Crippen LogP contribution is 2.35. The maximum absolute atomic E-state index is 12.0. The summed E-state index contributed by atoms with van der Waals surface area (Å²) in [5, 5.41) is 1.34. The number of carbonyl (C=O) groups is 1. The first-order valence-corrected chi connectivity index (χ1v) is 9.76. The van der Waals surface area contributed by atoms with E-state index in [0.717, 1.165) is 0 Å². The lowest BCUT2D eigenvalue weighted by atomic mass is 10.2. The molecule has 0 aromatic carbocycles. The number of rotatable bonds is 5. The van der Waals surface area contributed by atoms with E-state index in [-0.39, 0.29) is 5.04 Å². The molecule has 6 heteroatoms. The SMILES string of the molecule is C=CCN(NO[Si](C)(C)C(C)(C)C)C(=O)OC(C)(C)C. The predicted octanol–water partition coefficient (Wildman–Crippen LogP) is 3.85. The second kappa shape index (κ2) is 6.73. The van der Waals surface area contributed by atoms with E-state index < -0.39 is 20.0 Å². The number of ether oxygens (including phenoxy) is 1. The van der Waals surface area contributed by atoms with Gasteiger partial charge in [0.1, 0.15) is 5.60 Å². The Hall–Kier alpha value is -0.853. The average molecular weight is 302 g/mol. The molecular weight excluding hydrogens is 272 g/mol. The minimum atomic E-state index is -2.00. The summed E-state index contributed by atoms with van der Waals surface area (Å²) in [7, 11) is -2.00. The van der Waals surface area contributed by atoms with Crippen LogP contribution in [0.25, 0.3) is 0 Å². The second-order valence-corrected chi connectivity index (χ2v) is 12.1. The fourth-order valence-corrected chi connectivity index (χ4v) is 1.56. The Bertz CT molecular complexity index is 343. The van der Waals surface area contributed by atoms with Gasteiger partial charge >= 0.3 is 6.09 Å². The number of hydrogen-bond donors (Lipinski definition) is 1. The summed E-state index contributed by atoms with van der Waals surface area (Å²) in [6, 6.07) is 0. The van der Waals surface area contributed by atoms with Crippen LogP contribution in [0, 0.1) is 0 Å². The van der Waals surface area contributed by atoms with E-state index in [0.29, 0.717) is 6.54 Å². The van der Waals surface area contributed by atoms with Gasteiger partial charge in [-0.2, -0.15) is 0 Å². The molecular formula is C14H30N2O3Si. The number of carbonyl (C=O) groups excluding carboxylic acids is 1. The quantitative estimate of drug-likeness (QED) is 0.476. The maximum atomic E-state index is 12.0. The molecule has 0 radical (unpaired) electrons. The third-order valence-corrected chi connectivity index (χ3v) is 7.36. The van der Waals surface area contributed by atoms with Crippen LogP contribution in [0.5, 0.6) is 0 Å². The summed E-state index contributed by atoms with van der Waals surface area (Å²) in [5.41, 5.74) is 2.19. The lowest BCUT2D eigenvalue weighted by Crippen LogP contribution is -2.53. The Labute approximate surface area is 124 Å². The van der Waals surface area contributed by atoms with Gasteiger partial charge in [0.15, 0.2) is 0 Å². The molecule has 0 saturated heterocycles. The molecule has 0 atom stereocenters. The smallest absolute Gasteiger partial charge is 0.426 e. The van der Waals surface area contributed by atoms with E-state index >= 15 is 0 Å². The minimum Gasteiger partial charge on any atom is -0.443 e. The van der Waals surface area contributed by atoms with Crippen molar-refractivity contribution in [3.05, 3.63) is 12.7 Å². The van der Waals surface area contributed by atoms with Crippen LogP contribution in [0.4, 0.5) is 4.79 Å². The zero-order valence-corrected chi connectivity index (χ0v) is 15.2. The monoisotopic (exact) mass is 302 g/mol. The molecule has 1 amide bonds. The van der Waals surface area contributed by atoms with Crippen LogP contribution >= 0.6 is 0 Å². The average Bonchev–Trinajstić information content (AvgIpc) is 2.19. The van der Waals surface area contributed by atoms with Gasteiger partial charge in [0.2, 0.25) is 8.32 Å². The normalized spacial score (nSPS) is 13.0. The molecule has 0 saturated carbocycles. The molecule has 0 fully saturated rings. The third-order valence-electron chi connectivity index (χ3n) is 3.14. The van der Waals surface area contributed by atoms with E-state index in [4.69, 9.17) is 9.26 Å². The van der Waals surface area contributed by atoms with Gasteiger partial charge in [-0.05, 0) is 38.9 Å². The summed E-state index contributed by atoms with van der Waals surface area (Å²) in [6.07, 6.45) is 1.14. The van der Waals surface area contributed by atoms with E-state index in [9.17, 15) is 4.79 Å². The van der Waals surface area contributed by atoms with Gasteiger partial charge < -0.3 is 9.26 Å². The van der Waals surface area contributed by atoms with Crippen molar-refractivity contribution in [2.45, 2.75) is 65.3 Å². The van der Waals surface area contributed by atoms with Crippen molar-refractivity contribution in [1.29, 1.82) is 0 Å². The molecule has 0 aliphatic rings. The van der Waals surface area contributed by atoms with E-state index in [2.05, 4.69) is 46.0 Å². The first-order chi connectivity index (χ1) is 8.80. The Balaban J connectivity index is 4.72. The second-order valence-electron chi connectivity index (χ2n) is 7.33. The fourth-order valence-electron chi connectivity index (χ4n) is 0.917. The third kappa shape index (κ3) is 6.54. The zero-order chi connectivity index (χ0) is 16.2. The van der Waals surface area contributed by atoms with Gasteiger partial charge in [0.25, 0.3) is 0 Å². The van der Waals surface area contributed by atoms with Gasteiger partial charge in [0.05, 0.1) is 6.54 Å².